The molecule has 0 saturated carbocycles. The average Bonchev–Trinajstić information content (AvgIpc) is 2.78. The molecule has 6 nitrogen and oxygen atoms in total. The third-order valence-electron chi connectivity index (χ3n) is 3.87. The predicted octanol–water partition coefficient (Wildman–Crippen LogP) is 3.67. The Hall–Kier alpha value is -2.48. The number of ether oxygens (including phenoxy) is 1. The van der Waals surface area contributed by atoms with Crippen molar-refractivity contribution in [1.82, 2.24) is 15.6 Å². The Balaban J connectivity index is 0.000000397. The molecule has 1 fully saturated rings. The topological polar surface area (TPSA) is 70.9 Å². The fraction of sp³-hybridized carbons (Fsp3) is 0.286. The number of methoxy groups -OCH3 is 1. The second kappa shape index (κ2) is 12.8. The summed E-state index contributed by atoms with van der Waals surface area (Å²) in [6.45, 7) is 10.4. The lowest BCUT2D eigenvalue weighted by Crippen LogP contribution is -2.37. The fourth-order valence-corrected chi connectivity index (χ4v) is 3.00. The fourth-order valence-electron chi connectivity index (χ4n) is 2.47. The van der Waals surface area contributed by atoms with Crippen LogP contribution in [-0.2, 0) is 0 Å². The van der Waals surface area contributed by atoms with Crippen LogP contribution in [0.1, 0.15) is 12.1 Å². The summed E-state index contributed by atoms with van der Waals surface area (Å²) in [6.07, 6.45) is 1.28. The van der Waals surface area contributed by atoms with E-state index in [1.165, 1.54) is 31.3 Å². The summed E-state index contributed by atoms with van der Waals surface area (Å²) < 4.78 is 5.25. The summed E-state index contributed by atoms with van der Waals surface area (Å²) in [5.41, 5.74) is 3.34. The Kier molecular flexibility index (Phi) is 9.99. The summed E-state index contributed by atoms with van der Waals surface area (Å²) >= 11 is 1.50. The highest BCUT2D eigenvalue weighted by Gasteiger charge is 2.05. The van der Waals surface area contributed by atoms with Gasteiger partial charge >= 0.3 is 0 Å². The van der Waals surface area contributed by atoms with Crippen LogP contribution in [0.2, 0.25) is 0 Å². The monoisotopic (exact) mass is 397 g/mol. The molecule has 0 radical (unpaired) electrons. The lowest BCUT2D eigenvalue weighted by Gasteiger charge is -2.11. The summed E-state index contributed by atoms with van der Waals surface area (Å²) in [6, 6.07) is 13.6. The van der Waals surface area contributed by atoms with Gasteiger partial charge < -0.3 is 15.4 Å². The smallest absolute Gasteiger partial charge is 0.119 e. The largest absolute Gasteiger partial charge is 0.497 e. The van der Waals surface area contributed by atoms with Gasteiger partial charge in [-0.05, 0) is 57.2 Å². The van der Waals surface area contributed by atoms with Crippen LogP contribution in [0, 0.1) is 0 Å². The summed E-state index contributed by atoms with van der Waals surface area (Å²) in [5.74, 6) is 1.38. The van der Waals surface area contributed by atoms with Gasteiger partial charge in [0.25, 0.3) is 0 Å². The van der Waals surface area contributed by atoms with Gasteiger partial charge in [0.15, 0.2) is 0 Å². The molecule has 2 aromatic rings. The summed E-state index contributed by atoms with van der Waals surface area (Å²) in [5, 5.41) is 8.24. The van der Waals surface area contributed by atoms with E-state index >= 15 is 0 Å². The molecule has 1 saturated heterocycles. The minimum atomic E-state index is 0.578. The molecule has 3 rings (SSSR count). The first-order chi connectivity index (χ1) is 13.8. The lowest BCUT2D eigenvalue weighted by molar-refractivity contribution is 0.415. The third-order valence-corrected chi connectivity index (χ3v) is 4.59. The van der Waals surface area contributed by atoms with Gasteiger partial charge in [0.1, 0.15) is 5.75 Å². The highest BCUT2D eigenvalue weighted by Crippen LogP contribution is 2.25. The molecule has 0 amide bonds. The molecule has 0 unspecified atom stereocenters. The van der Waals surface area contributed by atoms with Crippen molar-refractivity contribution >= 4 is 30.9 Å². The first-order valence-corrected chi connectivity index (χ1v) is 10.1. The number of aliphatic imine (C=N–C) groups is 2. The molecule has 0 spiro atoms. The first-order valence-electron chi connectivity index (χ1n) is 9.02. The lowest BCUT2D eigenvalue weighted by atomic mass is 10.1. The number of benzene rings is 1. The average molecular weight is 398 g/mol. The van der Waals surface area contributed by atoms with E-state index in [4.69, 9.17) is 4.74 Å². The first kappa shape index (κ1) is 21.8. The Morgan fingerprint density at radius 2 is 2.00 bits per heavy atom. The number of hydrogen-bond donors (Lipinski definition) is 2. The number of nitrogens with zero attached hydrogens (tertiary/aromatic N) is 3. The maximum Gasteiger partial charge on any atom is 0.119 e. The Morgan fingerprint density at radius 1 is 1.21 bits per heavy atom. The van der Waals surface area contributed by atoms with Crippen LogP contribution in [0.25, 0.3) is 17.0 Å². The van der Waals surface area contributed by atoms with Gasteiger partial charge in [0.05, 0.1) is 30.1 Å². The quantitative estimate of drug-likeness (QED) is 0.551. The number of pyridine rings is 1. The van der Waals surface area contributed by atoms with Gasteiger partial charge in [0, 0.05) is 17.6 Å². The summed E-state index contributed by atoms with van der Waals surface area (Å²) in [7, 11) is 1.65. The van der Waals surface area contributed by atoms with Crippen molar-refractivity contribution in [2.75, 3.05) is 32.7 Å². The van der Waals surface area contributed by atoms with Crippen LogP contribution in [-0.4, -0.2) is 51.2 Å². The van der Waals surface area contributed by atoms with Gasteiger partial charge in [-0.2, -0.15) is 0 Å². The van der Waals surface area contributed by atoms with E-state index in [9.17, 15) is 0 Å². The van der Waals surface area contributed by atoms with Crippen LogP contribution in [0.3, 0.4) is 0 Å². The van der Waals surface area contributed by atoms with Crippen molar-refractivity contribution in [3.63, 3.8) is 0 Å². The molecule has 1 aliphatic rings. The van der Waals surface area contributed by atoms with E-state index in [0.29, 0.717) is 5.88 Å². The predicted molar refractivity (Wildman–Crippen MR) is 121 cm³/mol. The van der Waals surface area contributed by atoms with Crippen molar-refractivity contribution < 1.29 is 4.74 Å². The van der Waals surface area contributed by atoms with Crippen LogP contribution in [0.5, 0.6) is 5.75 Å². The van der Waals surface area contributed by atoms with Crippen molar-refractivity contribution in [3.8, 4) is 17.0 Å². The standard InChI is InChI=1S/C17H17N3OS.C4H10N2/c1-18-12-22-11-17(19-2)16-9-5-8-15(20-16)13-6-4-7-14(10-13)21-3;1-2-5-4-6-3-1/h4-11H,1-2,12H2,3H3;5-6H,1-4H2/b17-11-;. The highest BCUT2D eigenvalue weighted by atomic mass is 32.2. The highest BCUT2D eigenvalue weighted by molar-refractivity contribution is 8.02. The maximum absolute atomic E-state index is 5.25. The molecule has 2 N–H and O–H groups in total. The zero-order valence-corrected chi connectivity index (χ0v) is 17.0. The number of aromatic nitrogens is 1. The normalized spacial score (nSPS) is 13.8. The molecule has 0 aliphatic carbocycles. The second-order valence-electron chi connectivity index (χ2n) is 5.85. The van der Waals surface area contributed by atoms with Crippen LogP contribution in [0.4, 0.5) is 0 Å². The number of nitrogens with one attached hydrogen (secondary N) is 2. The van der Waals surface area contributed by atoms with E-state index in [2.05, 4.69) is 39.0 Å². The molecule has 0 atom stereocenters. The number of rotatable bonds is 7. The number of thioether (sulfide) groups is 1. The second-order valence-corrected chi connectivity index (χ2v) is 6.68. The van der Waals surface area contributed by atoms with Gasteiger partial charge in [-0.15, -0.1) is 11.8 Å². The minimum absolute atomic E-state index is 0.578. The number of hydrogen-bond acceptors (Lipinski definition) is 7. The Labute approximate surface area is 171 Å². The van der Waals surface area contributed by atoms with Crippen molar-refractivity contribution in [2.24, 2.45) is 9.98 Å². The SMILES string of the molecule is C1CNCNC1.C=NCS/C=C(\N=C)c1cccc(-c2cccc(OC)c2)n1. The zero-order chi connectivity index (χ0) is 20.0. The van der Waals surface area contributed by atoms with Gasteiger partial charge in [0.2, 0.25) is 0 Å². The summed E-state index contributed by atoms with van der Waals surface area (Å²) in [4.78, 5) is 12.5. The van der Waals surface area contributed by atoms with Crippen molar-refractivity contribution in [2.45, 2.75) is 6.42 Å². The van der Waals surface area contributed by atoms with Crippen molar-refractivity contribution in [1.29, 1.82) is 0 Å². The molecular weight excluding hydrogens is 370 g/mol. The van der Waals surface area contributed by atoms with Gasteiger partial charge in [-0.1, -0.05) is 18.2 Å². The molecule has 7 heteroatoms. The maximum atomic E-state index is 5.25. The zero-order valence-electron chi connectivity index (χ0n) is 16.2. The Bertz CT molecular complexity index is 778. The van der Waals surface area contributed by atoms with Crippen molar-refractivity contribution in [3.05, 3.63) is 53.6 Å². The molecule has 1 aliphatic heterocycles. The molecule has 0 bridgehead atoms. The van der Waals surface area contributed by atoms with Crippen LogP contribution in [0.15, 0.2) is 57.9 Å². The minimum Gasteiger partial charge on any atom is -0.497 e. The third kappa shape index (κ3) is 7.26. The molecule has 28 heavy (non-hydrogen) atoms. The van der Waals surface area contributed by atoms with E-state index in [-0.39, 0.29) is 0 Å². The van der Waals surface area contributed by atoms with E-state index < -0.39 is 0 Å². The molecule has 1 aromatic carbocycles. The van der Waals surface area contributed by atoms with Gasteiger partial charge in [-0.3, -0.25) is 9.98 Å². The molecule has 2 heterocycles. The molecule has 148 valence electrons. The Morgan fingerprint density at radius 3 is 2.61 bits per heavy atom. The molecule has 1 aromatic heterocycles. The van der Waals surface area contributed by atoms with E-state index in [1.54, 1.807) is 7.11 Å². The van der Waals surface area contributed by atoms with E-state index in [1.807, 2.05) is 47.9 Å². The van der Waals surface area contributed by atoms with E-state index in [0.717, 1.165) is 35.1 Å². The molecular formula is C21H27N5OS. The van der Waals surface area contributed by atoms with Gasteiger partial charge in [-0.25, -0.2) is 4.98 Å². The van der Waals surface area contributed by atoms with Crippen LogP contribution >= 0.6 is 11.8 Å². The van der Waals surface area contributed by atoms with Crippen LogP contribution < -0.4 is 15.4 Å².